The van der Waals surface area contributed by atoms with Gasteiger partial charge in [-0.3, -0.25) is 0 Å². The summed E-state index contributed by atoms with van der Waals surface area (Å²) in [5, 5.41) is 12.2. The van der Waals surface area contributed by atoms with Crippen molar-refractivity contribution in [3.8, 4) is 0 Å². The van der Waals surface area contributed by atoms with Crippen LogP contribution in [0.2, 0.25) is 0 Å². The van der Waals surface area contributed by atoms with Crippen molar-refractivity contribution in [1.82, 2.24) is 10.2 Å². The third kappa shape index (κ3) is 2.34. The van der Waals surface area contributed by atoms with Gasteiger partial charge in [0.15, 0.2) is 0 Å². The number of nitrogens with zero attached hydrogens (tertiary/aromatic N) is 1. The van der Waals surface area contributed by atoms with Gasteiger partial charge in [-0.05, 0) is 31.7 Å². The average Bonchev–Trinajstić information content (AvgIpc) is 2.79. The maximum atomic E-state index is 10.6. The predicted octanol–water partition coefficient (Wildman–Crippen LogP) is 0.738. The molecule has 2 fully saturated rings. The van der Waals surface area contributed by atoms with Crippen LogP contribution in [-0.4, -0.2) is 41.8 Å². The van der Waals surface area contributed by atoms with E-state index in [0.29, 0.717) is 12.5 Å². The Bertz CT molecular complexity index is 204. The van der Waals surface area contributed by atoms with E-state index in [1.807, 2.05) is 0 Å². The smallest absolute Gasteiger partial charge is 0.407 e. The zero-order chi connectivity index (χ0) is 9.26. The lowest BCUT2D eigenvalue weighted by Gasteiger charge is -2.12. The van der Waals surface area contributed by atoms with Gasteiger partial charge in [-0.2, -0.15) is 0 Å². The minimum Gasteiger partial charge on any atom is -0.465 e. The molecular weight excluding hydrogens is 168 g/mol. The van der Waals surface area contributed by atoms with Crippen LogP contribution >= 0.6 is 0 Å². The van der Waals surface area contributed by atoms with Crippen LogP contribution in [0.5, 0.6) is 0 Å². The molecule has 74 valence electrons. The van der Waals surface area contributed by atoms with E-state index in [9.17, 15) is 4.79 Å². The van der Waals surface area contributed by atoms with Gasteiger partial charge in [0, 0.05) is 19.1 Å². The van der Waals surface area contributed by atoms with Crippen LogP contribution in [0.15, 0.2) is 0 Å². The Morgan fingerprint density at radius 1 is 1.46 bits per heavy atom. The first-order valence-corrected chi connectivity index (χ1v) is 4.97. The minimum absolute atomic E-state index is 0.539. The van der Waals surface area contributed by atoms with Crippen molar-refractivity contribution in [3.05, 3.63) is 0 Å². The second-order valence-electron chi connectivity index (χ2n) is 4.07. The summed E-state index contributed by atoms with van der Waals surface area (Å²) >= 11 is 0. The van der Waals surface area contributed by atoms with Crippen LogP contribution in [0, 0.1) is 5.92 Å². The fourth-order valence-electron chi connectivity index (χ4n) is 1.79. The highest BCUT2D eigenvalue weighted by molar-refractivity contribution is 5.65. The van der Waals surface area contributed by atoms with Crippen molar-refractivity contribution in [2.24, 2.45) is 5.92 Å². The molecule has 0 aromatic carbocycles. The van der Waals surface area contributed by atoms with Gasteiger partial charge in [-0.15, -0.1) is 0 Å². The number of amides is 1. The number of carbonyl (C=O) groups is 1. The second kappa shape index (κ2) is 3.54. The van der Waals surface area contributed by atoms with E-state index < -0.39 is 6.09 Å². The zero-order valence-electron chi connectivity index (χ0n) is 7.70. The van der Waals surface area contributed by atoms with Crippen molar-refractivity contribution >= 4 is 6.09 Å². The highest BCUT2D eigenvalue weighted by Gasteiger charge is 2.27. The topological polar surface area (TPSA) is 52.6 Å². The third-order valence-corrected chi connectivity index (χ3v) is 2.83. The quantitative estimate of drug-likeness (QED) is 0.680. The van der Waals surface area contributed by atoms with Gasteiger partial charge < -0.3 is 15.3 Å². The molecule has 4 nitrogen and oxygen atoms in total. The van der Waals surface area contributed by atoms with E-state index in [0.717, 1.165) is 25.6 Å². The Kier molecular flexibility index (Phi) is 2.40. The van der Waals surface area contributed by atoms with E-state index in [2.05, 4.69) is 5.32 Å². The van der Waals surface area contributed by atoms with E-state index >= 15 is 0 Å². The molecule has 2 aliphatic rings. The summed E-state index contributed by atoms with van der Waals surface area (Å²) in [6.45, 7) is 2.43. The molecule has 13 heavy (non-hydrogen) atoms. The van der Waals surface area contributed by atoms with Gasteiger partial charge in [0.2, 0.25) is 0 Å². The molecule has 0 aromatic heterocycles. The maximum Gasteiger partial charge on any atom is 0.407 e. The summed E-state index contributed by atoms with van der Waals surface area (Å²) in [7, 11) is 0. The molecule has 1 aliphatic carbocycles. The molecule has 1 heterocycles. The molecule has 0 unspecified atom stereocenters. The van der Waals surface area contributed by atoms with Crippen LogP contribution in [0.3, 0.4) is 0 Å². The molecule has 2 N–H and O–H groups in total. The van der Waals surface area contributed by atoms with Gasteiger partial charge in [-0.1, -0.05) is 0 Å². The van der Waals surface area contributed by atoms with Crippen molar-refractivity contribution in [1.29, 1.82) is 0 Å². The molecule has 0 bridgehead atoms. The first-order valence-electron chi connectivity index (χ1n) is 4.97. The number of hydrogen-bond acceptors (Lipinski definition) is 2. The Morgan fingerprint density at radius 3 is 2.77 bits per heavy atom. The van der Waals surface area contributed by atoms with Crippen LogP contribution in [0.1, 0.15) is 19.3 Å². The fraction of sp³-hybridized carbons (Fsp3) is 0.889. The van der Waals surface area contributed by atoms with Crippen LogP contribution in [0.25, 0.3) is 0 Å². The van der Waals surface area contributed by atoms with Gasteiger partial charge in [0.25, 0.3) is 0 Å². The van der Waals surface area contributed by atoms with Crippen LogP contribution < -0.4 is 5.32 Å². The molecule has 1 aliphatic heterocycles. The standard InChI is InChI=1S/C9H16N2O2/c12-9(13)11-4-3-7(6-11)5-10-8-1-2-8/h7-8,10H,1-6H2,(H,12,13)/t7-/m1/s1. The highest BCUT2D eigenvalue weighted by Crippen LogP contribution is 2.21. The number of rotatable bonds is 3. The summed E-state index contributed by atoms with van der Waals surface area (Å²) in [6.07, 6.45) is 2.85. The summed E-state index contributed by atoms with van der Waals surface area (Å²) < 4.78 is 0. The molecule has 0 spiro atoms. The normalized spacial score (nSPS) is 28.0. The molecule has 2 rings (SSSR count). The lowest BCUT2D eigenvalue weighted by molar-refractivity contribution is 0.154. The molecule has 1 amide bonds. The van der Waals surface area contributed by atoms with Gasteiger partial charge in [-0.25, -0.2) is 4.79 Å². The zero-order valence-corrected chi connectivity index (χ0v) is 7.70. The van der Waals surface area contributed by atoms with Crippen LogP contribution in [-0.2, 0) is 0 Å². The van der Waals surface area contributed by atoms with Crippen LogP contribution in [0.4, 0.5) is 4.79 Å². The van der Waals surface area contributed by atoms with Crippen molar-refractivity contribution in [2.45, 2.75) is 25.3 Å². The van der Waals surface area contributed by atoms with Gasteiger partial charge in [0.05, 0.1) is 0 Å². The first-order chi connectivity index (χ1) is 6.25. The Balaban J connectivity index is 1.67. The Hall–Kier alpha value is -0.770. The van der Waals surface area contributed by atoms with E-state index in [-0.39, 0.29) is 0 Å². The predicted molar refractivity (Wildman–Crippen MR) is 48.7 cm³/mol. The van der Waals surface area contributed by atoms with Gasteiger partial charge >= 0.3 is 6.09 Å². The van der Waals surface area contributed by atoms with E-state index in [4.69, 9.17) is 5.11 Å². The average molecular weight is 184 g/mol. The fourth-order valence-corrected chi connectivity index (χ4v) is 1.79. The SMILES string of the molecule is O=C(O)N1CC[C@H](CNC2CC2)C1. The lowest BCUT2D eigenvalue weighted by atomic mass is 10.1. The monoisotopic (exact) mass is 184 g/mol. The summed E-state index contributed by atoms with van der Waals surface area (Å²) in [5.74, 6) is 0.539. The lowest BCUT2D eigenvalue weighted by Crippen LogP contribution is -2.30. The van der Waals surface area contributed by atoms with Gasteiger partial charge in [0.1, 0.15) is 0 Å². The van der Waals surface area contributed by atoms with Crippen molar-refractivity contribution in [3.63, 3.8) is 0 Å². The maximum absolute atomic E-state index is 10.6. The Labute approximate surface area is 77.9 Å². The molecule has 0 aromatic rings. The first kappa shape index (κ1) is 8.81. The largest absolute Gasteiger partial charge is 0.465 e. The van der Waals surface area contributed by atoms with E-state index in [1.54, 1.807) is 0 Å². The molecule has 1 atom stereocenters. The van der Waals surface area contributed by atoms with Crippen molar-refractivity contribution < 1.29 is 9.90 Å². The third-order valence-electron chi connectivity index (χ3n) is 2.83. The molecule has 1 saturated heterocycles. The number of likely N-dealkylation sites (tertiary alicyclic amines) is 1. The highest BCUT2D eigenvalue weighted by atomic mass is 16.4. The van der Waals surface area contributed by atoms with Crippen molar-refractivity contribution in [2.75, 3.05) is 19.6 Å². The number of carboxylic acid groups (broad SMARTS) is 1. The number of hydrogen-bond donors (Lipinski definition) is 2. The summed E-state index contributed by atoms with van der Waals surface area (Å²) in [6, 6.07) is 0.735. The number of nitrogens with one attached hydrogen (secondary N) is 1. The van der Waals surface area contributed by atoms with E-state index in [1.165, 1.54) is 17.7 Å². The molecule has 4 heteroatoms. The molecular formula is C9H16N2O2. The minimum atomic E-state index is -0.770. The Morgan fingerprint density at radius 2 is 2.23 bits per heavy atom. The summed E-state index contributed by atoms with van der Waals surface area (Å²) in [5.41, 5.74) is 0. The molecule has 1 saturated carbocycles. The second-order valence-corrected chi connectivity index (χ2v) is 4.07. The molecule has 0 radical (unpaired) electrons. The summed E-state index contributed by atoms with van der Waals surface area (Å²) in [4.78, 5) is 12.1.